The summed E-state index contributed by atoms with van der Waals surface area (Å²) in [7, 11) is -3.60. The fourth-order valence-corrected chi connectivity index (χ4v) is 2.99. The van der Waals surface area contributed by atoms with Crippen molar-refractivity contribution in [3.8, 4) is 5.75 Å². The average molecular weight is 311 g/mol. The molecule has 2 aromatic carbocycles. The number of sulfone groups is 1. The highest BCUT2D eigenvalue weighted by molar-refractivity contribution is 7.91. The van der Waals surface area contributed by atoms with Crippen molar-refractivity contribution < 1.29 is 17.9 Å². The number of rotatable bonds is 3. The third kappa shape index (κ3) is 3.18. The molecule has 0 atom stereocenters. The van der Waals surface area contributed by atoms with Gasteiger partial charge in [-0.05, 0) is 48.5 Å². The van der Waals surface area contributed by atoms with E-state index in [1.807, 2.05) is 0 Å². The molecule has 0 aliphatic heterocycles. The fraction of sp³-hybridized carbons (Fsp3) is 0.0714. The smallest absolute Gasteiger partial charge is 0.308 e. The Bertz CT molecular complexity index is 719. The first kappa shape index (κ1) is 14.6. The molecule has 0 aliphatic carbocycles. The van der Waals surface area contributed by atoms with E-state index in [-0.39, 0.29) is 9.79 Å². The molecule has 0 unspecified atom stereocenters. The molecular weight excluding hydrogens is 300 g/mol. The first-order chi connectivity index (χ1) is 9.39. The number of benzene rings is 2. The van der Waals surface area contributed by atoms with Crippen LogP contribution in [0.4, 0.5) is 0 Å². The zero-order valence-electron chi connectivity index (χ0n) is 10.5. The highest BCUT2D eigenvalue weighted by Crippen LogP contribution is 2.24. The largest absolute Gasteiger partial charge is 0.427 e. The van der Waals surface area contributed by atoms with Crippen LogP contribution in [0.25, 0.3) is 0 Å². The van der Waals surface area contributed by atoms with Crippen molar-refractivity contribution >= 4 is 27.4 Å². The standard InChI is InChI=1S/C14H11ClO4S/c1-10(16)19-12-4-8-14(9-5-12)20(17,18)13-6-2-11(15)3-7-13/h2-9H,1H3. The van der Waals surface area contributed by atoms with Crippen LogP contribution in [0.1, 0.15) is 6.92 Å². The summed E-state index contributed by atoms with van der Waals surface area (Å²) in [6, 6.07) is 11.6. The topological polar surface area (TPSA) is 60.4 Å². The Morgan fingerprint density at radius 3 is 1.85 bits per heavy atom. The van der Waals surface area contributed by atoms with Crippen LogP contribution in [-0.2, 0) is 14.6 Å². The van der Waals surface area contributed by atoms with Crippen LogP contribution in [-0.4, -0.2) is 14.4 Å². The minimum absolute atomic E-state index is 0.121. The van der Waals surface area contributed by atoms with Gasteiger partial charge in [-0.25, -0.2) is 8.42 Å². The first-order valence-electron chi connectivity index (χ1n) is 5.69. The third-order valence-corrected chi connectivity index (χ3v) is 4.56. The van der Waals surface area contributed by atoms with Crippen molar-refractivity contribution in [2.45, 2.75) is 16.7 Å². The minimum atomic E-state index is -3.60. The van der Waals surface area contributed by atoms with Gasteiger partial charge >= 0.3 is 5.97 Å². The minimum Gasteiger partial charge on any atom is -0.427 e. The Morgan fingerprint density at radius 2 is 1.40 bits per heavy atom. The molecule has 0 fully saturated rings. The molecule has 0 bridgehead atoms. The van der Waals surface area contributed by atoms with Gasteiger partial charge in [0.05, 0.1) is 9.79 Å². The molecular formula is C14H11ClO4S. The Morgan fingerprint density at radius 1 is 0.950 bits per heavy atom. The van der Waals surface area contributed by atoms with Crippen molar-refractivity contribution in [3.63, 3.8) is 0 Å². The maximum Gasteiger partial charge on any atom is 0.308 e. The van der Waals surface area contributed by atoms with Gasteiger partial charge in [0.25, 0.3) is 0 Å². The summed E-state index contributed by atoms with van der Waals surface area (Å²) >= 11 is 5.73. The molecule has 0 saturated carbocycles. The molecule has 4 nitrogen and oxygen atoms in total. The number of esters is 1. The van der Waals surface area contributed by atoms with E-state index in [0.29, 0.717) is 10.8 Å². The van der Waals surface area contributed by atoms with E-state index in [1.165, 1.54) is 55.5 Å². The molecule has 2 aromatic rings. The molecule has 0 aliphatic rings. The van der Waals surface area contributed by atoms with Gasteiger partial charge in [0.15, 0.2) is 0 Å². The number of ether oxygens (including phenoxy) is 1. The summed E-state index contributed by atoms with van der Waals surface area (Å²) < 4.78 is 29.5. The number of hydrogen-bond donors (Lipinski definition) is 0. The Labute approximate surface area is 121 Å². The van der Waals surface area contributed by atoms with Gasteiger partial charge in [0.1, 0.15) is 5.75 Å². The van der Waals surface area contributed by atoms with Crippen molar-refractivity contribution in [3.05, 3.63) is 53.6 Å². The van der Waals surface area contributed by atoms with Gasteiger partial charge in [-0.1, -0.05) is 11.6 Å². The summed E-state index contributed by atoms with van der Waals surface area (Å²) in [5.41, 5.74) is 0. The lowest BCUT2D eigenvalue weighted by molar-refractivity contribution is -0.131. The highest BCUT2D eigenvalue weighted by Gasteiger charge is 2.17. The first-order valence-corrected chi connectivity index (χ1v) is 7.55. The second kappa shape index (κ2) is 5.64. The van der Waals surface area contributed by atoms with E-state index < -0.39 is 15.8 Å². The predicted molar refractivity (Wildman–Crippen MR) is 74.7 cm³/mol. The van der Waals surface area contributed by atoms with Gasteiger partial charge in [-0.15, -0.1) is 0 Å². The molecule has 20 heavy (non-hydrogen) atoms. The van der Waals surface area contributed by atoms with E-state index in [4.69, 9.17) is 16.3 Å². The SMILES string of the molecule is CC(=O)Oc1ccc(S(=O)(=O)c2ccc(Cl)cc2)cc1. The lowest BCUT2D eigenvalue weighted by Gasteiger charge is -2.06. The molecule has 0 spiro atoms. The molecule has 0 N–H and O–H groups in total. The van der Waals surface area contributed by atoms with Crippen LogP contribution in [0.2, 0.25) is 5.02 Å². The maximum absolute atomic E-state index is 12.3. The molecule has 0 saturated heterocycles. The zero-order chi connectivity index (χ0) is 14.8. The van der Waals surface area contributed by atoms with Crippen LogP contribution in [0.3, 0.4) is 0 Å². The summed E-state index contributed by atoms with van der Waals surface area (Å²) in [5, 5.41) is 0.467. The third-order valence-electron chi connectivity index (χ3n) is 2.52. The van der Waals surface area contributed by atoms with Crippen molar-refractivity contribution in [1.82, 2.24) is 0 Å². The number of carbonyl (C=O) groups is 1. The van der Waals surface area contributed by atoms with E-state index in [0.717, 1.165) is 0 Å². The van der Waals surface area contributed by atoms with Gasteiger partial charge in [0.2, 0.25) is 9.84 Å². The van der Waals surface area contributed by atoms with E-state index in [9.17, 15) is 13.2 Å². The monoisotopic (exact) mass is 310 g/mol. The van der Waals surface area contributed by atoms with Crippen LogP contribution in [0.15, 0.2) is 58.3 Å². The number of carbonyl (C=O) groups excluding carboxylic acids is 1. The molecule has 104 valence electrons. The van der Waals surface area contributed by atoms with Gasteiger partial charge in [-0.2, -0.15) is 0 Å². The van der Waals surface area contributed by atoms with E-state index in [1.54, 1.807) is 0 Å². The summed E-state index contributed by atoms with van der Waals surface area (Å²) in [6.45, 7) is 1.28. The van der Waals surface area contributed by atoms with E-state index in [2.05, 4.69) is 0 Å². The molecule has 0 aromatic heterocycles. The zero-order valence-corrected chi connectivity index (χ0v) is 12.1. The maximum atomic E-state index is 12.3. The molecule has 0 heterocycles. The summed E-state index contributed by atoms with van der Waals surface area (Å²) in [6.07, 6.45) is 0. The van der Waals surface area contributed by atoms with Gasteiger partial charge in [0, 0.05) is 11.9 Å². The Balaban J connectivity index is 2.34. The van der Waals surface area contributed by atoms with Crippen LogP contribution in [0, 0.1) is 0 Å². The summed E-state index contributed by atoms with van der Waals surface area (Å²) in [4.78, 5) is 11.1. The van der Waals surface area contributed by atoms with Crippen LogP contribution >= 0.6 is 11.6 Å². The van der Waals surface area contributed by atoms with Gasteiger partial charge in [-0.3, -0.25) is 4.79 Å². The average Bonchev–Trinajstić information content (AvgIpc) is 2.39. The Kier molecular flexibility index (Phi) is 4.11. The molecule has 0 radical (unpaired) electrons. The number of hydrogen-bond acceptors (Lipinski definition) is 4. The van der Waals surface area contributed by atoms with E-state index >= 15 is 0 Å². The van der Waals surface area contributed by atoms with Crippen LogP contribution in [0.5, 0.6) is 5.75 Å². The lowest BCUT2D eigenvalue weighted by Crippen LogP contribution is -2.03. The number of halogens is 1. The second-order valence-corrected chi connectivity index (χ2v) is 6.41. The fourth-order valence-electron chi connectivity index (χ4n) is 1.60. The normalized spacial score (nSPS) is 11.1. The Hall–Kier alpha value is -1.85. The molecule has 0 amide bonds. The molecule has 6 heteroatoms. The van der Waals surface area contributed by atoms with Crippen molar-refractivity contribution in [2.24, 2.45) is 0 Å². The van der Waals surface area contributed by atoms with Crippen molar-refractivity contribution in [2.75, 3.05) is 0 Å². The summed E-state index contributed by atoms with van der Waals surface area (Å²) in [5.74, 6) is -0.161. The van der Waals surface area contributed by atoms with Gasteiger partial charge < -0.3 is 4.74 Å². The second-order valence-electron chi connectivity index (χ2n) is 4.02. The predicted octanol–water partition coefficient (Wildman–Crippen LogP) is 3.10. The molecule has 2 rings (SSSR count). The van der Waals surface area contributed by atoms with Crippen molar-refractivity contribution in [1.29, 1.82) is 0 Å². The van der Waals surface area contributed by atoms with Crippen LogP contribution < -0.4 is 4.74 Å². The lowest BCUT2D eigenvalue weighted by atomic mass is 10.3. The highest BCUT2D eigenvalue weighted by atomic mass is 35.5. The quantitative estimate of drug-likeness (QED) is 0.645.